The number of benzene rings is 2. The summed E-state index contributed by atoms with van der Waals surface area (Å²) in [5, 5.41) is 0.645. The molecule has 5 heteroatoms. The average molecular weight is 380 g/mol. The molecule has 0 unspecified atom stereocenters. The first-order chi connectivity index (χ1) is 13.0. The molecule has 4 nitrogen and oxygen atoms in total. The number of amides is 2. The number of ether oxygens (including phenoxy) is 1. The lowest BCUT2D eigenvalue weighted by atomic mass is 9.71. The Morgan fingerprint density at radius 3 is 2.26 bits per heavy atom. The molecule has 136 valence electrons. The van der Waals surface area contributed by atoms with Crippen molar-refractivity contribution in [3.8, 4) is 11.5 Å². The zero-order valence-electron chi connectivity index (χ0n) is 14.8. The van der Waals surface area contributed by atoms with Gasteiger partial charge in [0.05, 0.1) is 17.0 Å². The summed E-state index contributed by atoms with van der Waals surface area (Å²) in [6.45, 7) is 1.95. The Labute approximate surface area is 162 Å². The third-order valence-electron chi connectivity index (χ3n) is 6.26. The minimum Gasteiger partial charge on any atom is -0.457 e. The van der Waals surface area contributed by atoms with E-state index in [0.717, 1.165) is 6.42 Å². The van der Waals surface area contributed by atoms with Crippen LogP contribution in [0.15, 0.2) is 60.7 Å². The van der Waals surface area contributed by atoms with Crippen molar-refractivity contribution >= 4 is 29.1 Å². The minimum absolute atomic E-state index is 0.0780. The normalized spacial score (nSPS) is 30.9. The molecule has 0 N–H and O–H groups in total. The standard InChI is InChI=1S/C22H18ClNO3/c1-22-14-3-2-13(12-14)19(22)20(25)24(21(22)26)16-6-10-18(11-7-16)27-17-8-4-15(23)5-9-17/h2-11,13-14,19H,12H2,1H3/t13-,14+,19+,22+/m0/s1. The molecule has 4 atom stereocenters. The van der Waals surface area contributed by atoms with Crippen molar-refractivity contribution in [1.29, 1.82) is 0 Å². The lowest BCUT2D eigenvalue weighted by molar-refractivity contribution is -0.127. The molecular formula is C22H18ClNO3. The van der Waals surface area contributed by atoms with Crippen molar-refractivity contribution in [3.05, 3.63) is 65.7 Å². The fourth-order valence-electron chi connectivity index (χ4n) is 4.85. The Balaban J connectivity index is 1.40. The van der Waals surface area contributed by atoms with Crippen molar-refractivity contribution in [1.82, 2.24) is 0 Å². The van der Waals surface area contributed by atoms with Crippen LogP contribution >= 0.6 is 11.6 Å². The Kier molecular flexibility index (Phi) is 3.50. The maximum Gasteiger partial charge on any atom is 0.241 e. The highest BCUT2D eigenvalue weighted by Gasteiger charge is 2.67. The quantitative estimate of drug-likeness (QED) is 0.566. The maximum absolute atomic E-state index is 13.1. The largest absolute Gasteiger partial charge is 0.457 e. The topological polar surface area (TPSA) is 46.6 Å². The molecule has 0 spiro atoms. The van der Waals surface area contributed by atoms with Gasteiger partial charge in [0.2, 0.25) is 11.8 Å². The van der Waals surface area contributed by atoms with Crippen LogP contribution in [0.2, 0.25) is 5.02 Å². The number of fused-ring (bicyclic) bond motifs is 5. The van der Waals surface area contributed by atoms with E-state index in [2.05, 4.69) is 12.2 Å². The molecule has 27 heavy (non-hydrogen) atoms. The third-order valence-corrected chi connectivity index (χ3v) is 6.51. The Hall–Kier alpha value is -2.59. The molecule has 1 heterocycles. The van der Waals surface area contributed by atoms with E-state index in [4.69, 9.17) is 16.3 Å². The van der Waals surface area contributed by atoms with Gasteiger partial charge < -0.3 is 4.74 Å². The molecule has 2 bridgehead atoms. The summed E-state index contributed by atoms with van der Waals surface area (Å²) in [5.41, 5.74) is -0.00176. The van der Waals surface area contributed by atoms with Crippen LogP contribution in [-0.2, 0) is 9.59 Å². The molecule has 2 aromatic rings. The maximum atomic E-state index is 13.1. The summed E-state index contributed by atoms with van der Waals surface area (Å²) < 4.78 is 5.79. The molecular weight excluding hydrogens is 362 g/mol. The number of carbonyl (C=O) groups is 2. The van der Waals surface area contributed by atoms with E-state index in [1.54, 1.807) is 48.5 Å². The van der Waals surface area contributed by atoms with Gasteiger partial charge in [-0.05, 0) is 73.7 Å². The Morgan fingerprint density at radius 1 is 1.00 bits per heavy atom. The van der Waals surface area contributed by atoms with Crippen molar-refractivity contribution in [2.45, 2.75) is 13.3 Å². The first-order valence-electron chi connectivity index (χ1n) is 9.08. The predicted molar refractivity (Wildman–Crippen MR) is 103 cm³/mol. The van der Waals surface area contributed by atoms with E-state index >= 15 is 0 Å². The van der Waals surface area contributed by atoms with Gasteiger partial charge in [-0.15, -0.1) is 0 Å². The van der Waals surface area contributed by atoms with Gasteiger partial charge in [-0.3, -0.25) is 9.59 Å². The van der Waals surface area contributed by atoms with Crippen LogP contribution in [0.3, 0.4) is 0 Å². The zero-order valence-corrected chi connectivity index (χ0v) is 15.5. The van der Waals surface area contributed by atoms with Crippen molar-refractivity contribution in [3.63, 3.8) is 0 Å². The SMILES string of the molecule is C[C@]12C(=O)N(c3ccc(Oc4ccc(Cl)cc4)cc3)C(=O)[C@H]1[C@H]1C=C[C@@H]2C1. The van der Waals surface area contributed by atoms with Crippen LogP contribution in [0.1, 0.15) is 13.3 Å². The molecule has 1 aliphatic heterocycles. The molecule has 2 amide bonds. The van der Waals surface area contributed by atoms with Crippen LogP contribution in [-0.4, -0.2) is 11.8 Å². The summed E-state index contributed by atoms with van der Waals surface area (Å²) >= 11 is 5.88. The Morgan fingerprint density at radius 2 is 1.63 bits per heavy atom. The highest BCUT2D eigenvalue weighted by Crippen LogP contribution is 2.60. The second-order valence-electron chi connectivity index (χ2n) is 7.68. The second kappa shape index (κ2) is 5.70. The molecule has 0 radical (unpaired) electrons. The van der Waals surface area contributed by atoms with E-state index in [1.165, 1.54) is 4.90 Å². The minimum atomic E-state index is -0.602. The van der Waals surface area contributed by atoms with Gasteiger partial charge in [0.25, 0.3) is 0 Å². The van der Waals surface area contributed by atoms with E-state index < -0.39 is 5.41 Å². The van der Waals surface area contributed by atoms with Crippen molar-refractivity contribution in [2.24, 2.45) is 23.2 Å². The van der Waals surface area contributed by atoms with Crippen LogP contribution in [0.5, 0.6) is 11.5 Å². The predicted octanol–water partition coefficient (Wildman–Crippen LogP) is 4.83. The third kappa shape index (κ3) is 2.29. The van der Waals surface area contributed by atoms with Gasteiger partial charge in [0.15, 0.2) is 0 Å². The van der Waals surface area contributed by atoms with E-state index in [-0.39, 0.29) is 29.6 Å². The second-order valence-corrected chi connectivity index (χ2v) is 8.12. The fraction of sp³-hybridized carbons (Fsp3) is 0.273. The van der Waals surface area contributed by atoms with Gasteiger partial charge in [-0.2, -0.15) is 0 Å². The number of hydrogen-bond acceptors (Lipinski definition) is 3. The molecule has 1 saturated carbocycles. The summed E-state index contributed by atoms with van der Waals surface area (Å²) in [4.78, 5) is 27.5. The highest BCUT2D eigenvalue weighted by molar-refractivity contribution is 6.30. The summed E-state index contributed by atoms with van der Waals surface area (Å²) in [6, 6.07) is 14.2. The number of anilines is 1. The number of nitrogens with zero attached hydrogens (tertiary/aromatic N) is 1. The lowest BCUT2D eigenvalue weighted by Crippen LogP contribution is -2.37. The van der Waals surface area contributed by atoms with Gasteiger partial charge in [-0.1, -0.05) is 23.8 Å². The Bertz CT molecular complexity index is 966. The first kappa shape index (κ1) is 16.6. The van der Waals surface area contributed by atoms with Crippen LogP contribution in [0.4, 0.5) is 5.69 Å². The summed E-state index contributed by atoms with van der Waals surface area (Å²) in [5.74, 6) is 1.27. The van der Waals surface area contributed by atoms with Gasteiger partial charge in [0.1, 0.15) is 11.5 Å². The monoisotopic (exact) mass is 379 g/mol. The van der Waals surface area contributed by atoms with E-state index in [0.29, 0.717) is 22.2 Å². The molecule has 2 fully saturated rings. The highest BCUT2D eigenvalue weighted by atomic mass is 35.5. The fourth-order valence-corrected chi connectivity index (χ4v) is 4.98. The van der Waals surface area contributed by atoms with Crippen LogP contribution in [0.25, 0.3) is 0 Å². The van der Waals surface area contributed by atoms with E-state index in [1.807, 2.05) is 6.92 Å². The number of hydrogen-bond donors (Lipinski definition) is 0. The van der Waals surface area contributed by atoms with Gasteiger partial charge >= 0.3 is 0 Å². The number of carbonyl (C=O) groups excluding carboxylic acids is 2. The zero-order chi connectivity index (χ0) is 18.8. The van der Waals surface area contributed by atoms with E-state index in [9.17, 15) is 9.59 Å². The van der Waals surface area contributed by atoms with Crippen LogP contribution in [0, 0.1) is 23.2 Å². The van der Waals surface area contributed by atoms with Gasteiger partial charge in [-0.25, -0.2) is 4.90 Å². The first-order valence-corrected chi connectivity index (χ1v) is 9.46. The molecule has 2 aromatic carbocycles. The summed E-state index contributed by atoms with van der Waals surface area (Å²) in [7, 11) is 0. The average Bonchev–Trinajstić information content (AvgIpc) is 3.30. The number of imide groups is 1. The molecule has 5 rings (SSSR count). The molecule has 3 aliphatic rings. The van der Waals surface area contributed by atoms with Crippen molar-refractivity contribution < 1.29 is 14.3 Å². The number of allylic oxidation sites excluding steroid dienone is 2. The summed E-state index contributed by atoms with van der Waals surface area (Å²) in [6.07, 6.45) is 5.13. The molecule has 2 aliphatic carbocycles. The van der Waals surface area contributed by atoms with Crippen LogP contribution < -0.4 is 9.64 Å². The number of halogens is 1. The van der Waals surface area contributed by atoms with Crippen molar-refractivity contribution in [2.75, 3.05) is 4.90 Å². The smallest absolute Gasteiger partial charge is 0.241 e. The van der Waals surface area contributed by atoms with Gasteiger partial charge in [0, 0.05) is 5.02 Å². The molecule has 0 aromatic heterocycles. The number of rotatable bonds is 3. The lowest BCUT2D eigenvalue weighted by Gasteiger charge is -2.28. The molecule has 1 saturated heterocycles.